The van der Waals surface area contributed by atoms with Gasteiger partial charge in [0, 0.05) is 24.7 Å². The number of para-hydroxylation sites is 1. The highest BCUT2D eigenvalue weighted by Gasteiger charge is 2.32. The van der Waals surface area contributed by atoms with Crippen molar-refractivity contribution in [2.24, 2.45) is 0 Å². The number of rotatable bonds is 6. The van der Waals surface area contributed by atoms with Gasteiger partial charge in [0.25, 0.3) is 0 Å². The summed E-state index contributed by atoms with van der Waals surface area (Å²) in [6, 6.07) is 6.73. The first-order valence-electron chi connectivity index (χ1n) is 7.28. The summed E-state index contributed by atoms with van der Waals surface area (Å²) in [5, 5.41) is 3.25. The summed E-state index contributed by atoms with van der Waals surface area (Å²) in [5.74, 6) is -0.128. The summed E-state index contributed by atoms with van der Waals surface area (Å²) in [5.41, 5.74) is 0.524. The quantitative estimate of drug-likeness (QED) is 0.873. The van der Waals surface area contributed by atoms with Gasteiger partial charge in [0.2, 0.25) is 0 Å². The molecule has 1 heterocycles. The largest absolute Gasteiger partial charge is 0.573 e. The molecule has 1 aliphatic heterocycles. The third kappa shape index (κ3) is 4.89. The van der Waals surface area contributed by atoms with Gasteiger partial charge in [-0.2, -0.15) is 0 Å². The zero-order chi connectivity index (χ0) is 15.3. The SMILES string of the molecule is CCN1CCCC1CNCc1ccccc1OC(F)(F)F. The van der Waals surface area contributed by atoms with Gasteiger partial charge in [0.05, 0.1) is 0 Å². The van der Waals surface area contributed by atoms with E-state index in [-0.39, 0.29) is 5.75 Å². The van der Waals surface area contributed by atoms with Gasteiger partial charge in [-0.3, -0.25) is 4.90 Å². The molecule has 1 aliphatic rings. The fraction of sp³-hybridized carbons (Fsp3) is 0.600. The van der Waals surface area contributed by atoms with E-state index in [2.05, 4.69) is 21.9 Å². The van der Waals surface area contributed by atoms with E-state index in [0.717, 1.165) is 26.1 Å². The van der Waals surface area contributed by atoms with Gasteiger partial charge in [-0.15, -0.1) is 13.2 Å². The molecule has 21 heavy (non-hydrogen) atoms. The number of benzene rings is 1. The number of likely N-dealkylation sites (N-methyl/N-ethyl adjacent to an activating group) is 1. The van der Waals surface area contributed by atoms with E-state index in [0.29, 0.717) is 18.2 Å². The Hall–Kier alpha value is -1.27. The molecule has 0 saturated carbocycles. The molecule has 3 nitrogen and oxygen atoms in total. The first kappa shape index (κ1) is 16.1. The normalized spacial score (nSPS) is 19.9. The highest BCUT2D eigenvalue weighted by molar-refractivity contribution is 5.33. The molecule has 0 radical (unpaired) electrons. The van der Waals surface area contributed by atoms with E-state index in [1.54, 1.807) is 18.2 Å². The number of alkyl halides is 3. The topological polar surface area (TPSA) is 24.5 Å². The Morgan fingerprint density at radius 3 is 2.81 bits per heavy atom. The average molecular weight is 302 g/mol. The summed E-state index contributed by atoms with van der Waals surface area (Å²) in [6.07, 6.45) is -2.32. The number of nitrogens with one attached hydrogen (secondary N) is 1. The third-order valence-electron chi connectivity index (χ3n) is 3.80. The van der Waals surface area contributed by atoms with Crippen molar-refractivity contribution in [3.8, 4) is 5.75 Å². The molecule has 1 aromatic carbocycles. The molecule has 0 aromatic heterocycles. The van der Waals surface area contributed by atoms with Crippen LogP contribution in [0.15, 0.2) is 24.3 Å². The Morgan fingerprint density at radius 2 is 2.10 bits per heavy atom. The van der Waals surface area contributed by atoms with Crippen molar-refractivity contribution in [3.05, 3.63) is 29.8 Å². The van der Waals surface area contributed by atoms with Crippen LogP contribution in [0.4, 0.5) is 13.2 Å². The van der Waals surface area contributed by atoms with Gasteiger partial charge < -0.3 is 10.1 Å². The van der Waals surface area contributed by atoms with E-state index in [1.807, 2.05) is 0 Å². The van der Waals surface area contributed by atoms with Crippen molar-refractivity contribution in [1.29, 1.82) is 0 Å². The number of ether oxygens (including phenoxy) is 1. The summed E-state index contributed by atoms with van der Waals surface area (Å²) >= 11 is 0. The first-order chi connectivity index (χ1) is 9.99. The van der Waals surface area contributed by atoms with Crippen LogP contribution in [-0.4, -0.2) is 36.9 Å². The molecule has 118 valence electrons. The molecular formula is C15H21F3N2O. The van der Waals surface area contributed by atoms with E-state index in [9.17, 15) is 13.2 Å². The first-order valence-corrected chi connectivity index (χ1v) is 7.28. The van der Waals surface area contributed by atoms with Crippen molar-refractivity contribution < 1.29 is 17.9 Å². The molecule has 1 unspecified atom stereocenters. The summed E-state index contributed by atoms with van der Waals surface area (Å²) in [4.78, 5) is 2.39. The minimum atomic E-state index is -4.65. The number of hydrogen-bond donors (Lipinski definition) is 1. The highest BCUT2D eigenvalue weighted by Crippen LogP contribution is 2.26. The van der Waals surface area contributed by atoms with E-state index in [4.69, 9.17) is 0 Å². The van der Waals surface area contributed by atoms with Crippen molar-refractivity contribution in [3.63, 3.8) is 0 Å². The molecule has 0 amide bonds. The van der Waals surface area contributed by atoms with Crippen LogP contribution in [-0.2, 0) is 6.54 Å². The zero-order valence-electron chi connectivity index (χ0n) is 12.1. The molecule has 2 rings (SSSR count). The second-order valence-corrected chi connectivity index (χ2v) is 5.21. The van der Waals surface area contributed by atoms with Crippen LogP contribution in [0.5, 0.6) is 5.75 Å². The van der Waals surface area contributed by atoms with E-state index < -0.39 is 6.36 Å². The molecule has 1 N–H and O–H groups in total. The minimum Gasteiger partial charge on any atom is -0.405 e. The second kappa shape index (κ2) is 7.13. The lowest BCUT2D eigenvalue weighted by atomic mass is 10.2. The molecule has 1 atom stereocenters. The Morgan fingerprint density at radius 1 is 1.33 bits per heavy atom. The Balaban J connectivity index is 1.88. The van der Waals surface area contributed by atoms with Crippen LogP contribution >= 0.6 is 0 Å². The molecule has 0 spiro atoms. The molecule has 0 bridgehead atoms. The van der Waals surface area contributed by atoms with Gasteiger partial charge in [0.15, 0.2) is 0 Å². The highest BCUT2D eigenvalue weighted by atomic mass is 19.4. The summed E-state index contributed by atoms with van der Waals surface area (Å²) < 4.78 is 41.1. The Kier molecular flexibility index (Phi) is 5.47. The van der Waals surface area contributed by atoms with Crippen LogP contribution in [0.2, 0.25) is 0 Å². The van der Waals surface area contributed by atoms with Gasteiger partial charge in [-0.1, -0.05) is 25.1 Å². The van der Waals surface area contributed by atoms with Gasteiger partial charge >= 0.3 is 6.36 Å². The Bertz CT molecular complexity index is 451. The Labute approximate surface area is 123 Å². The van der Waals surface area contributed by atoms with Gasteiger partial charge in [-0.05, 0) is 32.0 Å². The maximum Gasteiger partial charge on any atom is 0.573 e. The van der Waals surface area contributed by atoms with Crippen LogP contribution < -0.4 is 10.1 Å². The molecular weight excluding hydrogens is 281 g/mol. The smallest absolute Gasteiger partial charge is 0.405 e. The van der Waals surface area contributed by atoms with Crippen molar-refractivity contribution in [2.75, 3.05) is 19.6 Å². The van der Waals surface area contributed by atoms with Gasteiger partial charge in [0.1, 0.15) is 5.75 Å². The van der Waals surface area contributed by atoms with E-state index in [1.165, 1.54) is 12.5 Å². The van der Waals surface area contributed by atoms with Crippen LogP contribution in [0.1, 0.15) is 25.3 Å². The minimum absolute atomic E-state index is 0.128. The fourth-order valence-electron chi connectivity index (χ4n) is 2.79. The van der Waals surface area contributed by atoms with Gasteiger partial charge in [-0.25, -0.2) is 0 Å². The van der Waals surface area contributed by atoms with E-state index >= 15 is 0 Å². The molecule has 0 aliphatic carbocycles. The summed E-state index contributed by atoms with van der Waals surface area (Å²) in [7, 11) is 0. The van der Waals surface area contributed by atoms with Crippen LogP contribution in [0, 0.1) is 0 Å². The maximum absolute atomic E-state index is 12.3. The predicted octanol–water partition coefficient (Wildman–Crippen LogP) is 3.16. The molecule has 1 fully saturated rings. The molecule has 1 aromatic rings. The number of hydrogen-bond acceptors (Lipinski definition) is 3. The van der Waals surface area contributed by atoms with Crippen molar-refractivity contribution >= 4 is 0 Å². The third-order valence-corrected chi connectivity index (χ3v) is 3.80. The standard InChI is InChI=1S/C15H21F3N2O/c1-2-20-9-5-7-13(20)11-19-10-12-6-3-4-8-14(12)21-15(16,17)18/h3-4,6,8,13,19H,2,5,7,9-11H2,1H3. The molecule has 1 saturated heterocycles. The average Bonchev–Trinajstić information content (AvgIpc) is 2.86. The predicted molar refractivity (Wildman–Crippen MR) is 75.1 cm³/mol. The van der Waals surface area contributed by atoms with Crippen molar-refractivity contribution in [2.45, 2.75) is 38.7 Å². The number of halogens is 3. The lowest BCUT2D eigenvalue weighted by Gasteiger charge is -2.23. The van der Waals surface area contributed by atoms with Crippen molar-refractivity contribution in [1.82, 2.24) is 10.2 Å². The fourth-order valence-corrected chi connectivity index (χ4v) is 2.79. The lowest BCUT2D eigenvalue weighted by molar-refractivity contribution is -0.274. The monoisotopic (exact) mass is 302 g/mol. The number of likely N-dealkylation sites (tertiary alicyclic amines) is 1. The zero-order valence-corrected chi connectivity index (χ0v) is 12.1. The molecule has 6 heteroatoms. The maximum atomic E-state index is 12.3. The van der Waals surface area contributed by atoms with Crippen LogP contribution in [0.3, 0.4) is 0 Å². The summed E-state index contributed by atoms with van der Waals surface area (Å²) in [6.45, 7) is 5.41. The lowest BCUT2D eigenvalue weighted by Crippen LogP contribution is -2.37. The van der Waals surface area contributed by atoms with Crippen LogP contribution in [0.25, 0.3) is 0 Å². The second-order valence-electron chi connectivity index (χ2n) is 5.21. The number of nitrogens with zero attached hydrogens (tertiary/aromatic N) is 1.